The molecule has 0 unspecified atom stereocenters. The zero-order valence-electron chi connectivity index (χ0n) is 18.3. The smallest absolute Gasteiger partial charge is 0.244 e. The van der Waals surface area contributed by atoms with Crippen LogP contribution < -0.4 is 10.0 Å². The summed E-state index contributed by atoms with van der Waals surface area (Å²) in [5.41, 5.74) is 0.734. The number of carbonyl (C=O) groups excluding carboxylic acids is 1. The fourth-order valence-corrected chi connectivity index (χ4v) is 6.12. The lowest BCUT2D eigenvalue weighted by Crippen LogP contribution is -2.53. The van der Waals surface area contributed by atoms with Crippen LogP contribution in [0.1, 0.15) is 25.3 Å². The van der Waals surface area contributed by atoms with Gasteiger partial charge in [0, 0.05) is 19.1 Å². The summed E-state index contributed by atoms with van der Waals surface area (Å²) in [7, 11) is -7.60. The van der Waals surface area contributed by atoms with Gasteiger partial charge in [-0.2, -0.15) is 4.72 Å². The van der Waals surface area contributed by atoms with E-state index in [1.165, 1.54) is 16.4 Å². The van der Waals surface area contributed by atoms with Gasteiger partial charge in [-0.25, -0.2) is 25.5 Å². The van der Waals surface area contributed by atoms with Gasteiger partial charge >= 0.3 is 0 Å². The van der Waals surface area contributed by atoms with Gasteiger partial charge in [0.15, 0.2) is 0 Å². The monoisotopic (exact) mass is 497 g/mol. The summed E-state index contributed by atoms with van der Waals surface area (Å²) in [6.07, 6.45) is 0.912. The zero-order chi connectivity index (χ0) is 24.1. The summed E-state index contributed by atoms with van der Waals surface area (Å²) in [5.74, 6) is -1.44. The van der Waals surface area contributed by atoms with Crippen LogP contribution in [0.5, 0.6) is 0 Å². The quantitative estimate of drug-likeness (QED) is 0.547. The van der Waals surface area contributed by atoms with E-state index in [1.807, 2.05) is 0 Å². The van der Waals surface area contributed by atoms with Crippen molar-refractivity contribution >= 4 is 26.0 Å². The van der Waals surface area contributed by atoms with Crippen molar-refractivity contribution in [3.05, 3.63) is 66.0 Å². The van der Waals surface area contributed by atoms with E-state index in [0.29, 0.717) is 12.8 Å². The van der Waals surface area contributed by atoms with Gasteiger partial charge < -0.3 is 5.32 Å². The summed E-state index contributed by atoms with van der Waals surface area (Å²) in [5, 5.41) is 2.84. The van der Waals surface area contributed by atoms with Gasteiger partial charge in [-0.3, -0.25) is 4.79 Å². The van der Waals surface area contributed by atoms with E-state index >= 15 is 0 Å². The van der Waals surface area contributed by atoms with E-state index in [2.05, 4.69) is 10.0 Å². The molecule has 0 aliphatic carbocycles. The number of nitrogens with one attached hydrogen (secondary N) is 2. The van der Waals surface area contributed by atoms with Crippen LogP contribution in [0, 0.1) is 5.82 Å². The van der Waals surface area contributed by atoms with Crippen molar-refractivity contribution in [1.29, 1.82) is 0 Å². The third kappa shape index (κ3) is 6.59. The fourth-order valence-electron chi connectivity index (χ4n) is 3.71. The van der Waals surface area contributed by atoms with Crippen molar-refractivity contribution in [3.8, 4) is 0 Å². The van der Waals surface area contributed by atoms with Crippen LogP contribution in [0.3, 0.4) is 0 Å². The lowest BCUT2D eigenvalue weighted by Gasteiger charge is -2.32. The zero-order valence-corrected chi connectivity index (χ0v) is 19.9. The van der Waals surface area contributed by atoms with Crippen molar-refractivity contribution in [2.24, 2.45) is 0 Å². The number of sulfonamides is 2. The van der Waals surface area contributed by atoms with Gasteiger partial charge in [-0.15, -0.1) is 0 Å². The van der Waals surface area contributed by atoms with Crippen LogP contribution in [-0.4, -0.2) is 58.0 Å². The largest absolute Gasteiger partial charge is 0.352 e. The highest BCUT2D eigenvalue weighted by Crippen LogP contribution is 2.17. The number of piperidine rings is 1. The molecular weight excluding hydrogens is 469 g/mol. The SMILES string of the molecule is CCS(=O)(=O)N1CCC(NC(=O)[C@@H](Cc2ccccc2)NS(=O)(=O)c2ccccc2F)CC1. The number of halogens is 1. The van der Waals surface area contributed by atoms with Crippen LogP contribution >= 0.6 is 0 Å². The Morgan fingerprint density at radius 1 is 1.03 bits per heavy atom. The Labute approximate surface area is 194 Å². The molecule has 3 rings (SSSR count). The molecule has 8 nitrogen and oxygen atoms in total. The number of hydrogen-bond acceptors (Lipinski definition) is 5. The molecule has 0 spiro atoms. The van der Waals surface area contributed by atoms with Gasteiger partial charge in [0.05, 0.1) is 5.75 Å². The minimum Gasteiger partial charge on any atom is -0.352 e. The molecule has 2 N–H and O–H groups in total. The molecule has 180 valence electrons. The second-order valence-electron chi connectivity index (χ2n) is 7.88. The number of rotatable bonds is 9. The van der Waals surface area contributed by atoms with Gasteiger partial charge in [0.2, 0.25) is 26.0 Å². The number of hydrogen-bond donors (Lipinski definition) is 2. The van der Waals surface area contributed by atoms with Gasteiger partial charge in [0.25, 0.3) is 0 Å². The third-order valence-corrected chi connectivity index (χ3v) is 8.97. The first-order chi connectivity index (χ1) is 15.6. The molecule has 11 heteroatoms. The highest BCUT2D eigenvalue weighted by Gasteiger charge is 2.31. The maximum Gasteiger partial charge on any atom is 0.244 e. The standard InChI is InChI=1S/C22H28FN3O5S2/c1-2-32(28,29)26-14-12-18(13-15-26)24-22(27)20(16-17-8-4-3-5-9-17)25-33(30,31)21-11-7-6-10-19(21)23/h3-11,18,20,25H,2,12-16H2,1H3,(H,24,27)/t20-/m1/s1. The average Bonchev–Trinajstić information content (AvgIpc) is 2.79. The Morgan fingerprint density at radius 2 is 1.64 bits per heavy atom. The molecule has 0 bridgehead atoms. The first-order valence-electron chi connectivity index (χ1n) is 10.7. The summed E-state index contributed by atoms with van der Waals surface area (Å²) >= 11 is 0. The molecule has 1 atom stereocenters. The Morgan fingerprint density at radius 3 is 2.24 bits per heavy atom. The second kappa shape index (κ2) is 10.7. The van der Waals surface area contributed by atoms with Crippen molar-refractivity contribution < 1.29 is 26.0 Å². The second-order valence-corrected chi connectivity index (χ2v) is 11.8. The predicted octanol–water partition coefficient (Wildman–Crippen LogP) is 1.65. The lowest BCUT2D eigenvalue weighted by molar-refractivity contribution is -0.123. The van der Waals surface area contributed by atoms with Crippen LogP contribution in [0.15, 0.2) is 59.5 Å². The summed E-state index contributed by atoms with van der Waals surface area (Å²) in [6, 6.07) is 12.4. The third-order valence-electron chi connectivity index (χ3n) is 5.58. The minimum atomic E-state index is -4.30. The fraction of sp³-hybridized carbons (Fsp3) is 0.409. The number of amides is 1. The molecule has 1 heterocycles. The Bertz CT molecular complexity index is 1170. The molecule has 33 heavy (non-hydrogen) atoms. The van der Waals surface area contributed by atoms with E-state index in [0.717, 1.165) is 17.7 Å². The molecule has 2 aromatic carbocycles. The Balaban J connectivity index is 1.74. The predicted molar refractivity (Wildman–Crippen MR) is 123 cm³/mol. The molecule has 2 aromatic rings. The van der Waals surface area contributed by atoms with E-state index in [4.69, 9.17) is 0 Å². The maximum atomic E-state index is 14.1. The van der Waals surface area contributed by atoms with Crippen LogP contribution in [0.2, 0.25) is 0 Å². The first kappa shape index (κ1) is 25.3. The molecule has 0 aromatic heterocycles. The lowest BCUT2D eigenvalue weighted by atomic mass is 10.0. The molecule has 1 aliphatic rings. The number of benzene rings is 2. The Hall–Kier alpha value is -2.34. The van der Waals surface area contributed by atoms with Gasteiger partial charge in [0.1, 0.15) is 16.8 Å². The van der Waals surface area contributed by atoms with Crippen LogP contribution in [-0.2, 0) is 31.3 Å². The van der Waals surface area contributed by atoms with E-state index in [-0.39, 0.29) is 31.3 Å². The molecule has 1 saturated heterocycles. The van der Waals surface area contributed by atoms with Crippen molar-refractivity contribution in [3.63, 3.8) is 0 Å². The van der Waals surface area contributed by atoms with Crippen molar-refractivity contribution in [2.75, 3.05) is 18.8 Å². The molecule has 1 fully saturated rings. The highest BCUT2D eigenvalue weighted by atomic mass is 32.2. The van der Waals surface area contributed by atoms with Crippen molar-refractivity contribution in [2.45, 2.75) is 43.2 Å². The van der Waals surface area contributed by atoms with Crippen LogP contribution in [0.25, 0.3) is 0 Å². The maximum absolute atomic E-state index is 14.1. The molecule has 1 aliphatic heterocycles. The average molecular weight is 498 g/mol. The Kier molecular flexibility index (Phi) is 8.22. The van der Waals surface area contributed by atoms with Gasteiger partial charge in [-0.1, -0.05) is 42.5 Å². The molecular formula is C22H28FN3O5S2. The summed E-state index contributed by atoms with van der Waals surface area (Å²) in [4.78, 5) is 12.5. The normalized spacial score (nSPS) is 16.9. The topological polar surface area (TPSA) is 113 Å². The summed E-state index contributed by atoms with van der Waals surface area (Å²) in [6.45, 7) is 2.15. The number of carbonyl (C=O) groups is 1. The van der Waals surface area contributed by atoms with E-state index < -0.39 is 42.7 Å². The molecule has 1 amide bonds. The molecule has 0 saturated carbocycles. The highest BCUT2D eigenvalue weighted by molar-refractivity contribution is 7.89. The van der Waals surface area contributed by atoms with Crippen molar-refractivity contribution in [1.82, 2.24) is 14.3 Å². The first-order valence-corrected chi connectivity index (χ1v) is 13.8. The molecule has 0 radical (unpaired) electrons. The van der Waals surface area contributed by atoms with Gasteiger partial charge in [-0.05, 0) is 43.9 Å². The summed E-state index contributed by atoms with van der Waals surface area (Å²) < 4.78 is 67.6. The number of nitrogens with zero attached hydrogens (tertiary/aromatic N) is 1. The van der Waals surface area contributed by atoms with Crippen LogP contribution in [0.4, 0.5) is 4.39 Å². The van der Waals surface area contributed by atoms with E-state index in [9.17, 15) is 26.0 Å². The van der Waals surface area contributed by atoms with E-state index in [1.54, 1.807) is 37.3 Å². The minimum absolute atomic E-state index is 0.0149.